The smallest absolute Gasteiger partial charge is 0.292 e. The van der Waals surface area contributed by atoms with Crippen molar-refractivity contribution in [3.05, 3.63) is 33.9 Å². The molecule has 1 N–H and O–H groups in total. The minimum Gasteiger partial charge on any atom is -0.391 e. The van der Waals surface area contributed by atoms with Gasteiger partial charge >= 0.3 is 0 Å². The van der Waals surface area contributed by atoms with E-state index < -0.39 is 11.0 Å². The van der Waals surface area contributed by atoms with E-state index in [0.717, 1.165) is 19.3 Å². The van der Waals surface area contributed by atoms with Gasteiger partial charge in [0.1, 0.15) is 5.69 Å². The van der Waals surface area contributed by atoms with Crippen LogP contribution < -0.4 is 4.90 Å². The van der Waals surface area contributed by atoms with Gasteiger partial charge in [-0.05, 0) is 25.0 Å². The van der Waals surface area contributed by atoms with Crippen LogP contribution >= 0.6 is 0 Å². The zero-order valence-electron chi connectivity index (χ0n) is 11.3. The minimum atomic E-state index is -0.487. The maximum absolute atomic E-state index is 11.1. The molecule has 0 heterocycles. The average molecular weight is 275 g/mol. The molecule has 1 aromatic rings. The zero-order chi connectivity index (χ0) is 14.7. The molecule has 2 unspecified atom stereocenters. The van der Waals surface area contributed by atoms with Crippen molar-refractivity contribution in [1.82, 2.24) is 0 Å². The number of likely N-dealkylation sites (N-methyl/N-ethyl adjacent to an activating group) is 1. The number of nitro benzene ring substituents is 1. The van der Waals surface area contributed by atoms with Crippen molar-refractivity contribution >= 4 is 11.4 Å². The van der Waals surface area contributed by atoms with Crippen LogP contribution in [0, 0.1) is 21.4 Å². The van der Waals surface area contributed by atoms with Crippen LogP contribution in [-0.4, -0.2) is 29.2 Å². The van der Waals surface area contributed by atoms with E-state index in [9.17, 15) is 15.2 Å². The van der Waals surface area contributed by atoms with Gasteiger partial charge in [0.25, 0.3) is 5.69 Å². The summed E-state index contributed by atoms with van der Waals surface area (Å²) in [6, 6.07) is 6.15. The number of nitro groups is 1. The number of rotatable bonds is 3. The van der Waals surface area contributed by atoms with E-state index >= 15 is 0 Å². The quantitative estimate of drug-likeness (QED) is 0.674. The lowest BCUT2D eigenvalue weighted by molar-refractivity contribution is -0.384. The highest BCUT2D eigenvalue weighted by atomic mass is 16.6. The molecule has 0 saturated heterocycles. The molecule has 1 aliphatic rings. The van der Waals surface area contributed by atoms with Crippen molar-refractivity contribution in [2.45, 2.75) is 37.8 Å². The number of hydrogen-bond donors (Lipinski definition) is 1. The van der Waals surface area contributed by atoms with Gasteiger partial charge in [0.05, 0.1) is 28.7 Å². The first-order valence-electron chi connectivity index (χ1n) is 6.64. The zero-order valence-corrected chi connectivity index (χ0v) is 11.3. The Balaban J connectivity index is 2.39. The largest absolute Gasteiger partial charge is 0.391 e. The number of benzene rings is 1. The highest BCUT2D eigenvalue weighted by molar-refractivity contribution is 5.66. The summed E-state index contributed by atoms with van der Waals surface area (Å²) in [6.45, 7) is 0. The lowest BCUT2D eigenvalue weighted by atomic mass is 9.91. The van der Waals surface area contributed by atoms with E-state index in [1.807, 2.05) is 6.07 Å². The predicted molar refractivity (Wildman–Crippen MR) is 74.5 cm³/mol. The number of hydrogen-bond acceptors (Lipinski definition) is 5. The van der Waals surface area contributed by atoms with E-state index in [4.69, 9.17) is 5.26 Å². The van der Waals surface area contributed by atoms with Gasteiger partial charge in [-0.25, -0.2) is 0 Å². The highest BCUT2D eigenvalue weighted by Gasteiger charge is 2.30. The summed E-state index contributed by atoms with van der Waals surface area (Å²) in [5, 5.41) is 30.2. The molecule has 0 bridgehead atoms. The highest BCUT2D eigenvalue weighted by Crippen LogP contribution is 2.33. The summed E-state index contributed by atoms with van der Waals surface area (Å²) in [7, 11) is 1.74. The molecular weight excluding hydrogens is 258 g/mol. The summed E-state index contributed by atoms with van der Waals surface area (Å²) in [6.07, 6.45) is 3.00. The standard InChI is InChI=1S/C14H17N3O3/c1-16(12-4-2-3-5-14(12)18)13-8-10(9-15)6-7-11(13)17(19)20/h6-8,12,14,18H,2-5H2,1H3. The molecule has 6 nitrogen and oxygen atoms in total. The monoisotopic (exact) mass is 275 g/mol. The van der Waals surface area contributed by atoms with Gasteiger partial charge in [-0.1, -0.05) is 12.8 Å². The third kappa shape index (κ3) is 2.73. The van der Waals surface area contributed by atoms with Crippen LogP contribution in [0.4, 0.5) is 11.4 Å². The summed E-state index contributed by atoms with van der Waals surface area (Å²) >= 11 is 0. The van der Waals surface area contributed by atoms with Crippen molar-refractivity contribution in [3.8, 4) is 6.07 Å². The second-order valence-corrected chi connectivity index (χ2v) is 5.10. The van der Waals surface area contributed by atoms with Gasteiger partial charge in [-0.2, -0.15) is 5.26 Å². The second-order valence-electron chi connectivity index (χ2n) is 5.10. The van der Waals surface area contributed by atoms with Gasteiger partial charge < -0.3 is 10.0 Å². The van der Waals surface area contributed by atoms with E-state index in [-0.39, 0.29) is 11.7 Å². The summed E-state index contributed by atoms with van der Waals surface area (Å²) in [5.74, 6) is 0. The maximum atomic E-state index is 11.1. The summed E-state index contributed by atoms with van der Waals surface area (Å²) < 4.78 is 0. The topological polar surface area (TPSA) is 90.4 Å². The van der Waals surface area contributed by atoms with Gasteiger partial charge in [0.15, 0.2) is 0 Å². The SMILES string of the molecule is CN(c1cc(C#N)ccc1[N+](=O)[O-])C1CCCCC1O. The Labute approximate surface area is 117 Å². The van der Waals surface area contributed by atoms with E-state index in [2.05, 4.69) is 0 Å². The Kier molecular flexibility index (Phi) is 4.20. The van der Waals surface area contributed by atoms with Gasteiger partial charge in [-0.3, -0.25) is 10.1 Å². The fourth-order valence-corrected chi connectivity index (χ4v) is 2.75. The fraction of sp³-hybridized carbons (Fsp3) is 0.500. The lowest BCUT2D eigenvalue weighted by Gasteiger charge is -2.36. The van der Waals surface area contributed by atoms with E-state index in [1.54, 1.807) is 11.9 Å². The fourth-order valence-electron chi connectivity index (χ4n) is 2.75. The van der Waals surface area contributed by atoms with Crippen LogP contribution in [0.3, 0.4) is 0 Å². The predicted octanol–water partition coefficient (Wildman–Crippen LogP) is 2.21. The van der Waals surface area contributed by atoms with Gasteiger partial charge in [0, 0.05) is 13.1 Å². The van der Waals surface area contributed by atoms with Crippen molar-refractivity contribution in [3.63, 3.8) is 0 Å². The molecule has 1 fully saturated rings. The van der Waals surface area contributed by atoms with Crippen LogP contribution in [0.5, 0.6) is 0 Å². The first-order chi connectivity index (χ1) is 9.54. The van der Waals surface area contributed by atoms with Crippen LogP contribution in [0.2, 0.25) is 0 Å². The van der Waals surface area contributed by atoms with Crippen LogP contribution in [-0.2, 0) is 0 Å². The molecule has 0 aliphatic heterocycles. The third-order valence-corrected chi connectivity index (χ3v) is 3.87. The molecule has 0 amide bonds. The minimum absolute atomic E-state index is 0.0377. The van der Waals surface area contributed by atoms with Crippen LogP contribution in [0.15, 0.2) is 18.2 Å². The molecule has 1 aromatic carbocycles. The lowest BCUT2D eigenvalue weighted by Crippen LogP contribution is -2.43. The normalized spacial score (nSPS) is 22.1. The number of anilines is 1. The van der Waals surface area contributed by atoms with E-state index in [0.29, 0.717) is 17.7 Å². The Bertz CT molecular complexity index is 553. The Hall–Kier alpha value is -2.13. The van der Waals surface area contributed by atoms with Crippen molar-refractivity contribution in [2.75, 3.05) is 11.9 Å². The molecular formula is C14H17N3O3. The molecule has 106 valence electrons. The molecule has 2 atom stereocenters. The number of nitrogens with zero attached hydrogens (tertiary/aromatic N) is 3. The van der Waals surface area contributed by atoms with Crippen molar-refractivity contribution < 1.29 is 10.0 Å². The van der Waals surface area contributed by atoms with Gasteiger partial charge in [-0.15, -0.1) is 0 Å². The first kappa shape index (κ1) is 14.3. The molecule has 1 aliphatic carbocycles. The number of nitriles is 1. The molecule has 0 spiro atoms. The molecule has 1 saturated carbocycles. The number of aliphatic hydroxyl groups excluding tert-OH is 1. The number of aliphatic hydroxyl groups is 1. The molecule has 2 rings (SSSR count). The Morgan fingerprint density at radius 3 is 2.75 bits per heavy atom. The van der Waals surface area contributed by atoms with Crippen LogP contribution in [0.25, 0.3) is 0 Å². The second kappa shape index (κ2) is 5.88. The van der Waals surface area contributed by atoms with Crippen molar-refractivity contribution in [1.29, 1.82) is 5.26 Å². The molecule has 20 heavy (non-hydrogen) atoms. The molecule has 0 radical (unpaired) electrons. The van der Waals surface area contributed by atoms with Crippen LogP contribution in [0.1, 0.15) is 31.2 Å². The third-order valence-electron chi connectivity index (χ3n) is 3.87. The molecule has 6 heteroatoms. The van der Waals surface area contributed by atoms with Gasteiger partial charge in [0.2, 0.25) is 0 Å². The Morgan fingerprint density at radius 1 is 1.45 bits per heavy atom. The van der Waals surface area contributed by atoms with E-state index in [1.165, 1.54) is 18.2 Å². The maximum Gasteiger partial charge on any atom is 0.292 e. The first-order valence-corrected chi connectivity index (χ1v) is 6.64. The Morgan fingerprint density at radius 2 is 2.15 bits per heavy atom. The summed E-state index contributed by atoms with van der Waals surface area (Å²) in [5.41, 5.74) is 0.729. The average Bonchev–Trinajstić information content (AvgIpc) is 2.46. The summed E-state index contributed by atoms with van der Waals surface area (Å²) in [4.78, 5) is 12.4. The van der Waals surface area contributed by atoms with Crippen molar-refractivity contribution in [2.24, 2.45) is 0 Å². The molecule has 0 aromatic heterocycles.